The molecule has 0 atom stereocenters. The second-order valence-electron chi connectivity index (χ2n) is 2.66. The summed E-state index contributed by atoms with van der Waals surface area (Å²) in [5, 5.41) is 2.61. The van der Waals surface area contributed by atoms with Gasteiger partial charge in [0.25, 0.3) is 5.92 Å². The van der Waals surface area contributed by atoms with Crippen molar-refractivity contribution in [2.45, 2.75) is 5.92 Å². The van der Waals surface area contributed by atoms with E-state index in [4.69, 9.17) is 0 Å². The van der Waals surface area contributed by atoms with Gasteiger partial charge in [0.1, 0.15) is 0 Å². The Kier molecular flexibility index (Phi) is 2.43. The normalized spacial score (nSPS) is 22.2. The van der Waals surface area contributed by atoms with Crippen molar-refractivity contribution in [2.75, 3.05) is 13.1 Å². The average molecular weight is 171 g/mol. The molecule has 3 heteroatoms. The molecule has 1 heterocycles. The standard InChI is InChI=1S/C9H11F2N/c1-3-7-5-12-6-9(10,11)8(7)4-2/h3-4,12H,1-2,5-6H2. The molecule has 0 radical (unpaired) electrons. The Balaban J connectivity index is 3.10. The van der Waals surface area contributed by atoms with Crippen molar-refractivity contribution in [1.29, 1.82) is 0 Å². The lowest BCUT2D eigenvalue weighted by atomic mass is 9.98. The first-order valence-electron chi connectivity index (χ1n) is 3.69. The fraction of sp³-hybridized carbons (Fsp3) is 0.333. The minimum Gasteiger partial charge on any atom is -0.307 e. The third-order valence-corrected chi connectivity index (χ3v) is 1.85. The number of nitrogens with one attached hydrogen (secondary N) is 1. The number of halogens is 2. The molecule has 0 aromatic heterocycles. The van der Waals surface area contributed by atoms with E-state index in [1.54, 1.807) is 0 Å². The van der Waals surface area contributed by atoms with Gasteiger partial charge in [-0.3, -0.25) is 0 Å². The van der Waals surface area contributed by atoms with E-state index in [9.17, 15) is 8.78 Å². The van der Waals surface area contributed by atoms with Crippen LogP contribution in [0.15, 0.2) is 36.5 Å². The summed E-state index contributed by atoms with van der Waals surface area (Å²) in [6.07, 6.45) is 2.65. The third-order valence-electron chi connectivity index (χ3n) is 1.85. The molecule has 66 valence electrons. The van der Waals surface area contributed by atoms with Crippen LogP contribution in [0.3, 0.4) is 0 Å². The molecule has 1 aliphatic heterocycles. The molecule has 1 N–H and O–H groups in total. The van der Waals surface area contributed by atoms with Gasteiger partial charge in [0, 0.05) is 12.1 Å². The predicted molar refractivity (Wildman–Crippen MR) is 45.2 cm³/mol. The third kappa shape index (κ3) is 1.46. The first kappa shape index (κ1) is 9.13. The maximum absolute atomic E-state index is 13.1. The molecular weight excluding hydrogens is 160 g/mol. The van der Waals surface area contributed by atoms with Gasteiger partial charge >= 0.3 is 0 Å². The van der Waals surface area contributed by atoms with E-state index in [-0.39, 0.29) is 12.1 Å². The minimum atomic E-state index is -2.80. The van der Waals surface area contributed by atoms with Crippen LogP contribution in [0.25, 0.3) is 0 Å². The molecule has 0 aromatic rings. The van der Waals surface area contributed by atoms with Crippen molar-refractivity contribution in [3.05, 3.63) is 36.5 Å². The van der Waals surface area contributed by atoms with Gasteiger partial charge in [-0.15, -0.1) is 0 Å². The Morgan fingerprint density at radius 1 is 1.33 bits per heavy atom. The van der Waals surface area contributed by atoms with Crippen LogP contribution >= 0.6 is 0 Å². The predicted octanol–water partition coefficient (Wildman–Crippen LogP) is 1.89. The van der Waals surface area contributed by atoms with E-state index < -0.39 is 5.92 Å². The Morgan fingerprint density at radius 2 is 2.00 bits per heavy atom. The number of rotatable bonds is 2. The Morgan fingerprint density at radius 3 is 2.42 bits per heavy atom. The summed E-state index contributed by atoms with van der Waals surface area (Å²) < 4.78 is 26.1. The van der Waals surface area contributed by atoms with E-state index in [1.165, 1.54) is 12.2 Å². The number of hydrogen-bond acceptors (Lipinski definition) is 1. The smallest absolute Gasteiger partial charge is 0.285 e. The van der Waals surface area contributed by atoms with Gasteiger partial charge in [0.05, 0.1) is 6.54 Å². The zero-order chi connectivity index (χ0) is 9.19. The Bertz CT molecular complexity index is 241. The molecule has 0 spiro atoms. The topological polar surface area (TPSA) is 12.0 Å². The maximum Gasteiger partial charge on any atom is 0.285 e. The minimum absolute atomic E-state index is 0.00347. The van der Waals surface area contributed by atoms with E-state index in [2.05, 4.69) is 18.5 Å². The Labute approximate surface area is 70.5 Å². The highest BCUT2D eigenvalue weighted by molar-refractivity contribution is 5.39. The quantitative estimate of drug-likeness (QED) is 0.669. The lowest BCUT2D eigenvalue weighted by Crippen LogP contribution is -2.40. The maximum atomic E-state index is 13.1. The lowest BCUT2D eigenvalue weighted by Gasteiger charge is -2.25. The molecule has 0 fully saturated rings. The molecule has 0 unspecified atom stereocenters. The molecule has 0 aliphatic carbocycles. The second-order valence-corrected chi connectivity index (χ2v) is 2.66. The number of allylic oxidation sites excluding steroid dienone is 1. The van der Waals surface area contributed by atoms with Crippen molar-refractivity contribution < 1.29 is 8.78 Å². The van der Waals surface area contributed by atoms with Crippen molar-refractivity contribution in [3.8, 4) is 0 Å². The summed E-state index contributed by atoms with van der Waals surface area (Å²) >= 11 is 0. The first-order valence-corrected chi connectivity index (χ1v) is 3.69. The van der Waals surface area contributed by atoms with Crippen LogP contribution in [-0.4, -0.2) is 19.0 Å². The Hall–Kier alpha value is -0.960. The van der Waals surface area contributed by atoms with E-state index in [1.807, 2.05) is 0 Å². The average Bonchev–Trinajstić information content (AvgIpc) is 2.02. The van der Waals surface area contributed by atoms with Crippen molar-refractivity contribution in [2.24, 2.45) is 0 Å². The van der Waals surface area contributed by atoms with Crippen LogP contribution in [0.2, 0.25) is 0 Å². The molecule has 12 heavy (non-hydrogen) atoms. The van der Waals surface area contributed by atoms with Crippen LogP contribution in [-0.2, 0) is 0 Å². The summed E-state index contributed by atoms with van der Waals surface area (Å²) in [6.45, 7) is 6.96. The van der Waals surface area contributed by atoms with Gasteiger partial charge in [0.15, 0.2) is 0 Å². The molecule has 0 amide bonds. The van der Waals surface area contributed by atoms with Crippen molar-refractivity contribution in [3.63, 3.8) is 0 Å². The summed E-state index contributed by atoms with van der Waals surface area (Å²) in [6, 6.07) is 0. The molecule has 1 nitrogen and oxygen atoms in total. The summed E-state index contributed by atoms with van der Waals surface area (Å²) in [5.74, 6) is -2.80. The molecule has 0 saturated heterocycles. The van der Waals surface area contributed by atoms with Crippen LogP contribution in [0, 0.1) is 0 Å². The summed E-state index contributed by atoms with van der Waals surface area (Å²) in [4.78, 5) is 0. The van der Waals surface area contributed by atoms with Crippen molar-refractivity contribution in [1.82, 2.24) is 5.32 Å². The molecule has 1 aliphatic rings. The van der Waals surface area contributed by atoms with Crippen LogP contribution < -0.4 is 5.32 Å². The van der Waals surface area contributed by atoms with Gasteiger partial charge in [0.2, 0.25) is 0 Å². The van der Waals surface area contributed by atoms with E-state index in [0.717, 1.165) is 0 Å². The molecular formula is C9H11F2N. The largest absolute Gasteiger partial charge is 0.307 e. The second kappa shape index (κ2) is 3.19. The molecule has 0 saturated carbocycles. The van der Waals surface area contributed by atoms with Crippen molar-refractivity contribution >= 4 is 0 Å². The summed E-state index contributed by atoms with van der Waals surface area (Å²) in [7, 11) is 0. The first-order chi connectivity index (χ1) is 5.61. The highest BCUT2D eigenvalue weighted by Gasteiger charge is 2.36. The SMILES string of the molecule is C=CC1=C(C=C)C(F)(F)CNC1. The van der Waals surface area contributed by atoms with Crippen LogP contribution in [0.4, 0.5) is 8.78 Å². The van der Waals surface area contributed by atoms with Gasteiger partial charge < -0.3 is 5.32 Å². The highest BCUT2D eigenvalue weighted by atomic mass is 19.3. The van der Waals surface area contributed by atoms with Crippen LogP contribution in [0.5, 0.6) is 0 Å². The highest BCUT2D eigenvalue weighted by Crippen LogP contribution is 2.29. The fourth-order valence-electron chi connectivity index (χ4n) is 1.24. The monoisotopic (exact) mass is 171 g/mol. The molecule has 1 rings (SSSR count). The lowest BCUT2D eigenvalue weighted by molar-refractivity contribution is 0.0405. The number of alkyl halides is 2. The number of hydrogen-bond donors (Lipinski definition) is 1. The molecule has 0 aromatic carbocycles. The van der Waals surface area contributed by atoms with Gasteiger partial charge in [-0.05, 0) is 5.57 Å². The van der Waals surface area contributed by atoms with E-state index in [0.29, 0.717) is 12.1 Å². The van der Waals surface area contributed by atoms with Crippen LogP contribution in [0.1, 0.15) is 0 Å². The van der Waals surface area contributed by atoms with E-state index >= 15 is 0 Å². The van der Waals surface area contributed by atoms with Gasteiger partial charge in [-0.2, -0.15) is 8.78 Å². The zero-order valence-electron chi connectivity index (χ0n) is 6.74. The van der Waals surface area contributed by atoms with Gasteiger partial charge in [-0.1, -0.05) is 25.3 Å². The zero-order valence-corrected chi connectivity index (χ0v) is 6.74. The van der Waals surface area contributed by atoms with Gasteiger partial charge in [-0.25, -0.2) is 0 Å². The molecule has 0 bridgehead atoms. The summed E-state index contributed by atoms with van der Waals surface area (Å²) in [5.41, 5.74) is 0.525. The fourth-order valence-corrected chi connectivity index (χ4v) is 1.24.